The van der Waals surface area contributed by atoms with Crippen molar-refractivity contribution in [2.45, 2.75) is 32.1 Å². The van der Waals surface area contributed by atoms with Crippen LogP contribution < -0.4 is 0 Å². The molecule has 1 heterocycles. The fraction of sp³-hybridized carbons (Fsp3) is 0.545. The molecule has 0 N–H and O–H groups in total. The first kappa shape index (κ1) is 11.4. The summed E-state index contributed by atoms with van der Waals surface area (Å²) < 4.78 is 24.7. The molecule has 1 atom stereocenters. The molecule has 4 nitrogen and oxygen atoms in total. The van der Waals surface area contributed by atoms with Gasteiger partial charge in [0.25, 0.3) is 0 Å². The highest BCUT2D eigenvalue weighted by Gasteiger charge is 2.27. The average Bonchev–Trinajstić information content (AvgIpc) is 2.52. The molecule has 0 saturated heterocycles. The van der Waals surface area contributed by atoms with E-state index >= 15 is 0 Å². The summed E-state index contributed by atoms with van der Waals surface area (Å²) in [7, 11) is -3.26. The van der Waals surface area contributed by atoms with E-state index in [0.717, 1.165) is 36.8 Å². The lowest BCUT2D eigenvalue weighted by atomic mass is 9.88. The number of nitrogens with zero attached hydrogens (tertiary/aromatic N) is 1. The lowest BCUT2D eigenvalue weighted by Gasteiger charge is -2.19. The van der Waals surface area contributed by atoms with Crippen LogP contribution in [0.1, 0.15) is 35.7 Å². The number of aromatic nitrogens is 1. The zero-order chi connectivity index (χ0) is 11.9. The minimum Gasteiger partial charge on any atom is -0.303 e. The molecular weight excluding hydrogens is 226 g/mol. The molecular formula is C11H15NO3S. The molecule has 2 rings (SSSR count). The van der Waals surface area contributed by atoms with Gasteiger partial charge >= 0.3 is 0 Å². The Morgan fingerprint density at radius 3 is 2.75 bits per heavy atom. The fourth-order valence-electron chi connectivity index (χ4n) is 2.51. The van der Waals surface area contributed by atoms with E-state index in [2.05, 4.69) is 0 Å². The molecule has 88 valence electrons. The number of carbonyl (C=O) groups is 1. The Hall–Kier alpha value is -1.10. The average molecular weight is 241 g/mol. The lowest BCUT2D eigenvalue weighted by Crippen LogP contribution is -2.18. The molecule has 0 aliphatic heterocycles. The Kier molecular flexibility index (Phi) is 2.66. The van der Waals surface area contributed by atoms with Gasteiger partial charge in [-0.2, -0.15) is 0 Å². The van der Waals surface area contributed by atoms with Gasteiger partial charge < -0.3 is 4.79 Å². The van der Waals surface area contributed by atoms with Crippen molar-refractivity contribution >= 4 is 16.3 Å². The van der Waals surface area contributed by atoms with Crippen molar-refractivity contribution in [1.29, 1.82) is 0 Å². The van der Waals surface area contributed by atoms with E-state index in [1.54, 1.807) is 6.92 Å². The summed E-state index contributed by atoms with van der Waals surface area (Å²) in [5.74, 6) is -0.134. The zero-order valence-electron chi connectivity index (χ0n) is 9.43. The first-order chi connectivity index (χ1) is 7.45. The third kappa shape index (κ3) is 1.69. The van der Waals surface area contributed by atoms with Crippen LogP contribution in [0.5, 0.6) is 0 Å². The quantitative estimate of drug-likeness (QED) is 0.732. The van der Waals surface area contributed by atoms with Crippen molar-refractivity contribution in [2.75, 3.05) is 6.26 Å². The first-order valence-electron chi connectivity index (χ1n) is 5.32. The SMILES string of the molecule is Cc1cc2c(n1S(C)(=O)=O)CCCC2C=O. The number of hydrogen-bond acceptors (Lipinski definition) is 3. The summed E-state index contributed by atoms with van der Waals surface area (Å²) in [6, 6.07) is 1.83. The maximum absolute atomic E-state index is 11.7. The molecule has 0 fully saturated rings. The van der Waals surface area contributed by atoms with Crippen LogP contribution in [0.3, 0.4) is 0 Å². The van der Waals surface area contributed by atoms with Crippen molar-refractivity contribution in [3.05, 3.63) is 23.0 Å². The molecule has 1 aliphatic rings. The summed E-state index contributed by atoms with van der Waals surface area (Å²) in [4.78, 5) is 10.9. The number of hydrogen-bond donors (Lipinski definition) is 0. The molecule has 0 saturated carbocycles. The lowest BCUT2D eigenvalue weighted by molar-refractivity contribution is -0.109. The maximum atomic E-state index is 11.7. The first-order valence-corrected chi connectivity index (χ1v) is 7.17. The van der Waals surface area contributed by atoms with E-state index in [-0.39, 0.29) is 5.92 Å². The molecule has 0 amide bonds. The highest BCUT2D eigenvalue weighted by Crippen LogP contribution is 2.33. The van der Waals surface area contributed by atoms with Crippen LogP contribution in [0, 0.1) is 6.92 Å². The third-order valence-corrected chi connectivity index (χ3v) is 4.26. The minimum atomic E-state index is -3.26. The monoisotopic (exact) mass is 241 g/mol. The summed E-state index contributed by atoms with van der Waals surface area (Å²) >= 11 is 0. The number of fused-ring (bicyclic) bond motifs is 1. The molecule has 1 aromatic heterocycles. The molecule has 1 unspecified atom stereocenters. The molecule has 0 aromatic carbocycles. The number of aryl methyl sites for hydroxylation is 1. The molecule has 1 aliphatic carbocycles. The predicted molar refractivity (Wildman–Crippen MR) is 61.2 cm³/mol. The van der Waals surface area contributed by atoms with Gasteiger partial charge in [0, 0.05) is 17.3 Å². The Balaban J connectivity index is 2.66. The normalized spacial score (nSPS) is 20.5. The Bertz CT molecular complexity index is 528. The Labute approximate surface area is 95.3 Å². The van der Waals surface area contributed by atoms with Crippen LogP contribution in [-0.2, 0) is 21.2 Å². The molecule has 1 aromatic rings. The molecule has 0 bridgehead atoms. The molecule has 5 heteroatoms. The summed E-state index contributed by atoms with van der Waals surface area (Å²) in [6.45, 7) is 1.77. The molecule has 0 spiro atoms. The van der Waals surface area contributed by atoms with E-state index in [9.17, 15) is 13.2 Å². The van der Waals surface area contributed by atoms with Gasteiger partial charge in [0.2, 0.25) is 10.0 Å². The topological polar surface area (TPSA) is 56.1 Å². The van der Waals surface area contributed by atoms with E-state index < -0.39 is 10.0 Å². The molecule has 0 radical (unpaired) electrons. The number of rotatable bonds is 2. The van der Waals surface area contributed by atoms with Crippen LogP contribution in [0.25, 0.3) is 0 Å². The second-order valence-electron chi connectivity index (χ2n) is 4.35. The second kappa shape index (κ2) is 3.73. The molecule has 16 heavy (non-hydrogen) atoms. The standard InChI is InChI=1S/C11H15NO3S/c1-8-6-10-9(7-13)4-3-5-11(10)12(8)16(2,14)15/h6-7,9H,3-5H2,1-2H3. The van der Waals surface area contributed by atoms with Gasteiger partial charge in [-0.3, -0.25) is 0 Å². The third-order valence-electron chi connectivity index (χ3n) is 3.09. The second-order valence-corrected chi connectivity index (χ2v) is 6.18. The van der Waals surface area contributed by atoms with Crippen molar-refractivity contribution in [3.63, 3.8) is 0 Å². The highest BCUT2D eigenvalue weighted by atomic mass is 32.2. The Morgan fingerprint density at radius 1 is 1.50 bits per heavy atom. The van der Waals surface area contributed by atoms with Crippen molar-refractivity contribution in [2.24, 2.45) is 0 Å². The van der Waals surface area contributed by atoms with Crippen molar-refractivity contribution < 1.29 is 13.2 Å². The minimum absolute atomic E-state index is 0.134. The van der Waals surface area contributed by atoms with Gasteiger partial charge in [0.1, 0.15) is 6.29 Å². The van der Waals surface area contributed by atoms with Gasteiger partial charge in [-0.15, -0.1) is 0 Å². The summed E-state index contributed by atoms with van der Waals surface area (Å²) in [5, 5.41) is 0. The van der Waals surface area contributed by atoms with Crippen molar-refractivity contribution in [1.82, 2.24) is 3.97 Å². The fourth-order valence-corrected chi connectivity index (χ4v) is 3.68. The van der Waals surface area contributed by atoms with E-state index in [1.165, 1.54) is 10.2 Å². The highest BCUT2D eigenvalue weighted by molar-refractivity contribution is 7.89. The van der Waals surface area contributed by atoms with Gasteiger partial charge in [0.05, 0.1) is 6.26 Å². The van der Waals surface area contributed by atoms with Gasteiger partial charge in [0.15, 0.2) is 0 Å². The van der Waals surface area contributed by atoms with Gasteiger partial charge in [-0.25, -0.2) is 12.4 Å². The number of aldehydes is 1. The smallest absolute Gasteiger partial charge is 0.236 e. The largest absolute Gasteiger partial charge is 0.303 e. The van der Waals surface area contributed by atoms with Crippen LogP contribution >= 0.6 is 0 Å². The summed E-state index contributed by atoms with van der Waals surface area (Å²) in [6.07, 6.45) is 4.55. The van der Waals surface area contributed by atoms with Crippen LogP contribution in [-0.4, -0.2) is 24.9 Å². The maximum Gasteiger partial charge on any atom is 0.236 e. The van der Waals surface area contributed by atoms with E-state index in [4.69, 9.17) is 0 Å². The van der Waals surface area contributed by atoms with E-state index in [1.807, 2.05) is 6.07 Å². The van der Waals surface area contributed by atoms with Gasteiger partial charge in [-0.05, 0) is 37.8 Å². The number of carbonyl (C=O) groups excluding carboxylic acids is 1. The predicted octanol–water partition coefficient (Wildman–Crippen LogP) is 1.22. The van der Waals surface area contributed by atoms with Gasteiger partial charge in [-0.1, -0.05) is 0 Å². The van der Waals surface area contributed by atoms with Crippen LogP contribution in [0.15, 0.2) is 6.07 Å². The van der Waals surface area contributed by atoms with Crippen molar-refractivity contribution in [3.8, 4) is 0 Å². The van der Waals surface area contributed by atoms with E-state index in [0.29, 0.717) is 5.69 Å². The van der Waals surface area contributed by atoms with Crippen LogP contribution in [0.2, 0.25) is 0 Å². The van der Waals surface area contributed by atoms with Crippen LogP contribution in [0.4, 0.5) is 0 Å². The zero-order valence-corrected chi connectivity index (χ0v) is 10.3. The Morgan fingerprint density at radius 2 is 2.19 bits per heavy atom. The summed E-state index contributed by atoms with van der Waals surface area (Å²) in [5.41, 5.74) is 2.38.